The maximum absolute atomic E-state index is 6.08. The predicted octanol–water partition coefficient (Wildman–Crippen LogP) is 2.48. The SMILES string of the molecule is CN(C1CCCCC1)C(CN)c1cncn1C1CC1. The first-order chi connectivity index (χ1) is 9.31. The molecule has 4 heteroatoms. The zero-order valence-corrected chi connectivity index (χ0v) is 12.0. The molecule has 2 aliphatic rings. The Kier molecular flexibility index (Phi) is 3.89. The molecule has 106 valence electrons. The third-order valence-corrected chi connectivity index (χ3v) is 4.84. The first-order valence-corrected chi connectivity index (χ1v) is 7.75. The maximum Gasteiger partial charge on any atom is 0.0951 e. The summed E-state index contributed by atoms with van der Waals surface area (Å²) in [7, 11) is 2.25. The van der Waals surface area contributed by atoms with Gasteiger partial charge in [0.2, 0.25) is 0 Å². The molecule has 0 aliphatic heterocycles. The Morgan fingerprint density at radius 1 is 1.32 bits per heavy atom. The van der Waals surface area contributed by atoms with Gasteiger partial charge in [0.25, 0.3) is 0 Å². The van der Waals surface area contributed by atoms with Crippen molar-refractivity contribution in [2.75, 3.05) is 13.6 Å². The van der Waals surface area contributed by atoms with E-state index in [0.29, 0.717) is 24.7 Å². The van der Waals surface area contributed by atoms with Gasteiger partial charge in [-0.2, -0.15) is 0 Å². The van der Waals surface area contributed by atoms with E-state index in [1.807, 2.05) is 12.5 Å². The third kappa shape index (κ3) is 2.70. The van der Waals surface area contributed by atoms with Gasteiger partial charge in [0.05, 0.1) is 18.1 Å². The zero-order valence-electron chi connectivity index (χ0n) is 12.0. The number of aromatic nitrogens is 2. The second kappa shape index (κ2) is 5.63. The van der Waals surface area contributed by atoms with E-state index < -0.39 is 0 Å². The van der Waals surface area contributed by atoms with E-state index in [1.165, 1.54) is 50.6 Å². The van der Waals surface area contributed by atoms with Crippen LogP contribution in [0, 0.1) is 0 Å². The number of likely N-dealkylation sites (N-methyl/N-ethyl adjacent to an activating group) is 1. The molecule has 0 saturated heterocycles. The Labute approximate surface area is 116 Å². The van der Waals surface area contributed by atoms with E-state index in [0.717, 1.165) is 0 Å². The molecule has 2 fully saturated rings. The largest absolute Gasteiger partial charge is 0.330 e. The number of nitrogens with two attached hydrogens (primary N) is 1. The molecule has 0 bridgehead atoms. The molecule has 1 atom stereocenters. The predicted molar refractivity (Wildman–Crippen MR) is 76.9 cm³/mol. The molecule has 3 rings (SSSR count). The molecule has 4 nitrogen and oxygen atoms in total. The van der Waals surface area contributed by atoms with E-state index >= 15 is 0 Å². The van der Waals surface area contributed by atoms with Crippen LogP contribution in [0.5, 0.6) is 0 Å². The van der Waals surface area contributed by atoms with E-state index in [-0.39, 0.29) is 0 Å². The summed E-state index contributed by atoms with van der Waals surface area (Å²) in [6.07, 6.45) is 13.4. The Morgan fingerprint density at radius 3 is 2.68 bits per heavy atom. The number of imidazole rings is 1. The van der Waals surface area contributed by atoms with Crippen LogP contribution in [0.1, 0.15) is 62.7 Å². The summed E-state index contributed by atoms with van der Waals surface area (Å²) in [5.74, 6) is 0. The fourth-order valence-corrected chi connectivity index (χ4v) is 3.47. The molecular formula is C15H26N4. The Bertz CT molecular complexity index is 404. The van der Waals surface area contributed by atoms with Gasteiger partial charge in [-0.05, 0) is 32.7 Å². The average Bonchev–Trinajstić information content (AvgIpc) is 3.20. The smallest absolute Gasteiger partial charge is 0.0951 e. The normalized spacial score (nSPS) is 22.9. The van der Waals surface area contributed by atoms with Gasteiger partial charge in [-0.25, -0.2) is 4.98 Å². The second-order valence-electron chi connectivity index (χ2n) is 6.17. The van der Waals surface area contributed by atoms with Crippen LogP contribution in [0.4, 0.5) is 0 Å². The topological polar surface area (TPSA) is 47.1 Å². The summed E-state index contributed by atoms with van der Waals surface area (Å²) in [6.45, 7) is 0.686. The quantitative estimate of drug-likeness (QED) is 0.887. The summed E-state index contributed by atoms with van der Waals surface area (Å²) in [5, 5.41) is 0. The van der Waals surface area contributed by atoms with Crippen molar-refractivity contribution in [1.29, 1.82) is 0 Å². The van der Waals surface area contributed by atoms with Gasteiger partial charge in [-0.15, -0.1) is 0 Å². The molecule has 2 aliphatic carbocycles. The Morgan fingerprint density at radius 2 is 2.05 bits per heavy atom. The van der Waals surface area contributed by atoms with Crippen LogP contribution in [-0.4, -0.2) is 34.1 Å². The van der Waals surface area contributed by atoms with Crippen molar-refractivity contribution in [3.63, 3.8) is 0 Å². The first-order valence-electron chi connectivity index (χ1n) is 7.75. The van der Waals surface area contributed by atoms with E-state index in [9.17, 15) is 0 Å². The van der Waals surface area contributed by atoms with Crippen molar-refractivity contribution in [2.45, 2.75) is 63.1 Å². The van der Waals surface area contributed by atoms with Crippen LogP contribution in [0.15, 0.2) is 12.5 Å². The molecule has 19 heavy (non-hydrogen) atoms. The highest BCUT2D eigenvalue weighted by atomic mass is 15.2. The molecule has 0 aromatic carbocycles. The molecule has 1 heterocycles. The van der Waals surface area contributed by atoms with Crippen molar-refractivity contribution in [2.24, 2.45) is 5.73 Å². The van der Waals surface area contributed by atoms with E-state index in [2.05, 4.69) is 21.5 Å². The lowest BCUT2D eigenvalue weighted by atomic mass is 9.93. The second-order valence-corrected chi connectivity index (χ2v) is 6.17. The molecule has 0 radical (unpaired) electrons. The molecule has 1 aromatic rings. The number of nitrogens with zero attached hydrogens (tertiary/aromatic N) is 3. The lowest BCUT2D eigenvalue weighted by Gasteiger charge is -2.37. The summed E-state index contributed by atoms with van der Waals surface area (Å²) in [6, 6.07) is 1.71. The Hall–Kier alpha value is -0.870. The number of hydrogen-bond acceptors (Lipinski definition) is 3. The summed E-state index contributed by atoms with van der Waals surface area (Å²) >= 11 is 0. The average molecular weight is 262 g/mol. The molecule has 2 saturated carbocycles. The number of rotatable bonds is 5. The van der Waals surface area contributed by atoms with Gasteiger partial charge < -0.3 is 10.3 Å². The van der Waals surface area contributed by atoms with Gasteiger partial charge in [-0.1, -0.05) is 19.3 Å². The van der Waals surface area contributed by atoms with Crippen LogP contribution in [0.2, 0.25) is 0 Å². The van der Waals surface area contributed by atoms with Gasteiger partial charge >= 0.3 is 0 Å². The lowest BCUT2D eigenvalue weighted by molar-refractivity contribution is 0.136. The van der Waals surface area contributed by atoms with Crippen LogP contribution in [0.25, 0.3) is 0 Å². The molecule has 0 amide bonds. The van der Waals surface area contributed by atoms with Crippen molar-refractivity contribution < 1.29 is 0 Å². The van der Waals surface area contributed by atoms with Crippen LogP contribution < -0.4 is 5.73 Å². The minimum absolute atomic E-state index is 0.325. The lowest BCUT2D eigenvalue weighted by Crippen LogP contribution is -2.40. The van der Waals surface area contributed by atoms with E-state index in [4.69, 9.17) is 5.73 Å². The minimum Gasteiger partial charge on any atom is -0.330 e. The van der Waals surface area contributed by atoms with Crippen LogP contribution in [0.3, 0.4) is 0 Å². The van der Waals surface area contributed by atoms with Gasteiger partial charge in [0.1, 0.15) is 0 Å². The van der Waals surface area contributed by atoms with Gasteiger partial charge in [-0.3, -0.25) is 4.90 Å². The molecule has 0 spiro atoms. The fourth-order valence-electron chi connectivity index (χ4n) is 3.47. The molecule has 1 unspecified atom stereocenters. The number of hydrogen-bond donors (Lipinski definition) is 1. The summed E-state index contributed by atoms with van der Waals surface area (Å²) in [5.41, 5.74) is 7.40. The minimum atomic E-state index is 0.325. The van der Waals surface area contributed by atoms with Crippen LogP contribution in [-0.2, 0) is 0 Å². The summed E-state index contributed by atoms with van der Waals surface area (Å²) in [4.78, 5) is 6.87. The monoisotopic (exact) mass is 262 g/mol. The fraction of sp³-hybridized carbons (Fsp3) is 0.800. The van der Waals surface area contributed by atoms with Gasteiger partial charge in [0, 0.05) is 24.8 Å². The Balaban J connectivity index is 1.76. The molecular weight excluding hydrogens is 236 g/mol. The zero-order chi connectivity index (χ0) is 13.2. The van der Waals surface area contributed by atoms with Crippen LogP contribution >= 0.6 is 0 Å². The highest BCUT2D eigenvalue weighted by Gasteiger charge is 2.31. The van der Waals surface area contributed by atoms with Crippen molar-refractivity contribution in [3.05, 3.63) is 18.2 Å². The van der Waals surface area contributed by atoms with Crippen molar-refractivity contribution in [1.82, 2.24) is 14.5 Å². The first kappa shape index (κ1) is 13.1. The maximum atomic E-state index is 6.08. The highest BCUT2D eigenvalue weighted by Crippen LogP contribution is 2.38. The highest BCUT2D eigenvalue weighted by molar-refractivity contribution is 5.10. The summed E-state index contributed by atoms with van der Waals surface area (Å²) < 4.78 is 2.36. The molecule has 1 aromatic heterocycles. The standard InChI is InChI=1S/C15H26N4/c1-18(12-5-3-2-4-6-12)14(9-16)15-10-17-11-19(15)13-7-8-13/h10-14H,2-9,16H2,1H3. The van der Waals surface area contributed by atoms with Crippen molar-refractivity contribution >= 4 is 0 Å². The van der Waals surface area contributed by atoms with Crippen molar-refractivity contribution in [3.8, 4) is 0 Å². The van der Waals surface area contributed by atoms with Gasteiger partial charge in [0.15, 0.2) is 0 Å². The van der Waals surface area contributed by atoms with E-state index in [1.54, 1.807) is 0 Å². The third-order valence-electron chi connectivity index (χ3n) is 4.84. The molecule has 2 N–H and O–H groups in total.